The molecule has 1 saturated heterocycles. The lowest BCUT2D eigenvalue weighted by atomic mass is 10.1. The molecule has 156 valence electrons. The molecule has 1 fully saturated rings. The number of nitrogens with zero attached hydrogens (tertiary/aromatic N) is 3. The first-order valence-electron chi connectivity index (χ1n) is 9.52. The summed E-state index contributed by atoms with van der Waals surface area (Å²) in [4.78, 5) is 51.2. The van der Waals surface area contributed by atoms with E-state index in [1.807, 2.05) is 23.6 Å². The van der Waals surface area contributed by atoms with E-state index in [0.29, 0.717) is 27.7 Å². The van der Waals surface area contributed by atoms with Crippen LogP contribution in [0.5, 0.6) is 11.5 Å². The smallest absolute Gasteiger partial charge is 0.334 e. The summed E-state index contributed by atoms with van der Waals surface area (Å²) >= 11 is 0. The molecule has 0 N–H and O–H groups in total. The van der Waals surface area contributed by atoms with Gasteiger partial charge in [-0.15, -0.1) is 0 Å². The molecule has 1 aromatic heterocycles. The van der Waals surface area contributed by atoms with Gasteiger partial charge in [0, 0.05) is 34.7 Å². The van der Waals surface area contributed by atoms with Crippen molar-refractivity contribution in [2.24, 2.45) is 0 Å². The third-order valence-corrected chi connectivity index (χ3v) is 5.25. The largest absolute Gasteiger partial charge is 0.454 e. The Labute approximate surface area is 172 Å². The Hall–Kier alpha value is -3.62. The summed E-state index contributed by atoms with van der Waals surface area (Å²) in [6.07, 6.45) is 0. The number of amides is 4. The van der Waals surface area contributed by atoms with Crippen LogP contribution in [0.15, 0.2) is 24.3 Å². The van der Waals surface area contributed by atoms with Crippen LogP contribution in [0.25, 0.3) is 5.69 Å². The number of aryl methyl sites for hydroxylation is 1. The van der Waals surface area contributed by atoms with Crippen molar-refractivity contribution in [1.82, 2.24) is 14.4 Å². The Balaban J connectivity index is 1.62. The second-order valence-corrected chi connectivity index (χ2v) is 7.52. The molecular formula is C21H21N3O6. The van der Waals surface area contributed by atoms with E-state index < -0.39 is 36.2 Å². The summed E-state index contributed by atoms with van der Waals surface area (Å²) in [7, 11) is 0. The van der Waals surface area contributed by atoms with E-state index in [0.717, 1.165) is 16.3 Å². The van der Waals surface area contributed by atoms with E-state index in [1.54, 1.807) is 32.9 Å². The molecule has 9 nitrogen and oxygen atoms in total. The number of benzene rings is 1. The number of hydrogen-bond acceptors (Lipinski definition) is 6. The third kappa shape index (κ3) is 2.94. The highest BCUT2D eigenvalue weighted by atomic mass is 16.7. The van der Waals surface area contributed by atoms with Gasteiger partial charge in [0.05, 0.1) is 6.54 Å². The van der Waals surface area contributed by atoms with Gasteiger partial charge in [0.1, 0.15) is 0 Å². The molecule has 2 aliphatic rings. The number of ether oxygens (including phenoxy) is 2. The van der Waals surface area contributed by atoms with Crippen molar-refractivity contribution in [3.63, 3.8) is 0 Å². The minimum Gasteiger partial charge on any atom is -0.454 e. The van der Waals surface area contributed by atoms with Crippen LogP contribution in [0.4, 0.5) is 4.79 Å². The average Bonchev–Trinajstić information content (AvgIpc) is 3.33. The van der Waals surface area contributed by atoms with Crippen LogP contribution in [0.1, 0.15) is 35.6 Å². The van der Waals surface area contributed by atoms with Gasteiger partial charge in [-0.2, -0.15) is 0 Å². The van der Waals surface area contributed by atoms with E-state index in [-0.39, 0.29) is 6.79 Å². The topological polar surface area (TPSA) is 98.2 Å². The van der Waals surface area contributed by atoms with Gasteiger partial charge in [0.15, 0.2) is 17.3 Å². The SMILES string of the molecule is Cc1cc(C(=O)CN2C(=O)C(=O)N(C(C)C)C2=O)c(C)n1-c1ccc2c(c1)OCO2. The lowest BCUT2D eigenvalue weighted by Gasteiger charge is -2.18. The first kappa shape index (κ1) is 19.7. The molecule has 4 rings (SSSR count). The van der Waals surface area contributed by atoms with Gasteiger partial charge in [-0.25, -0.2) is 9.69 Å². The molecule has 2 aliphatic heterocycles. The minimum atomic E-state index is -0.980. The van der Waals surface area contributed by atoms with Crippen LogP contribution in [-0.4, -0.2) is 57.4 Å². The number of hydrogen-bond donors (Lipinski definition) is 0. The van der Waals surface area contributed by atoms with Gasteiger partial charge in [0.25, 0.3) is 0 Å². The number of carbonyl (C=O) groups excluding carboxylic acids is 4. The summed E-state index contributed by atoms with van der Waals surface area (Å²) in [5.41, 5.74) is 2.63. The van der Waals surface area contributed by atoms with Crippen LogP contribution in [0.3, 0.4) is 0 Å². The maximum atomic E-state index is 12.9. The van der Waals surface area contributed by atoms with Crippen LogP contribution < -0.4 is 9.47 Å². The molecule has 0 saturated carbocycles. The molecule has 0 aliphatic carbocycles. The van der Waals surface area contributed by atoms with Gasteiger partial charge < -0.3 is 14.0 Å². The summed E-state index contributed by atoms with van der Waals surface area (Å²) in [6.45, 7) is 6.57. The highest BCUT2D eigenvalue weighted by Crippen LogP contribution is 2.35. The number of aromatic nitrogens is 1. The second kappa shape index (κ2) is 7.01. The summed E-state index contributed by atoms with van der Waals surface area (Å²) in [5.74, 6) is -1.04. The minimum absolute atomic E-state index is 0.163. The summed E-state index contributed by atoms with van der Waals surface area (Å²) in [6, 6.07) is 5.95. The van der Waals surface area contributed by atoms with Gasteiger partial charge >= 0.3 is 17.8 Å². The molecule has 1 aromatic carbocycles. The molecule has 4 amide bonds. The third-order valence-electron chi connectivity index (χ3n) is 5.25. The van der Waals surface area contributed by atoms with Crippen molar-refractivity contribution in [3.05, 3.63) is 41.2 Å². The van der Waals surface area contributed by atoms with E-state index in [2.05, 4.69) is 0 Å². The van der Waals surface area contributed by atoms with E-state index in [1.165, 1.54) is 0 Å². The fraction of sp³-hybridized carbons (Fsp3) is 0.333. The van der Waals surface area contributed by atoms with Crippen molar-refractivity contribution < 1.29 is 28.7 Å². The zero-order valence-corrected chi connectivity index (χ0v) is 17.1. The van der Waals surface area contributed by atoms with Crippen LogP contribution in [0.2, 0.25) is 0 Å². The molecule has 3 heterocycles. The number of Topliss-reactive ketones (excluding diaryl/α,β-unsaturated/α-hetero) is 1. The van der Waals surface area contributed by atoms with E-state index >= 15 is 0 Å². The fourth-order valence-corrected chi connectivity index (χ4v) is 3.81. The quantitative estimate of drug-likeness (QED) is 0.425. The van der Waals surface area contributed by atoms with Gasteiger partial charge in [-0.1, -0.05) is 0 Å². The predicted molar refractivity (Wildman–Crippen MR) is 105 cm³/mol. The number of fused-ring (bicyclic) bond motifs is 1. The molecule has 0 bridgehead atoms. The lowest BCUT2D eigenvalue weighted by molar-refractivity contribution is -0.143. The maximum absolute atomic E-state index is 12.9. The van der Waals surface area contributed by atoms with Crippen molar-refractivity contribution >= 4 is 23.6 Å². The normalized spacial score (nSPS) is 15.7. The summed E-state index contributed by atoms with van der Waals surface area (Å²) < 4.78 is 12.6. The molecule has 0 unspecified atom stereocenters. The Bertz CT molecular complexity index is 1100. The van der Waals surface area contributed by atoms with Gasteiger partial charge in [-0.05, 0) is 45.9 Å². The molecule has 0 spiro atoms. The Morgan fingerprint density at radius 3 is 2.40 bits per heavy atom. The molecular weight excluding hydrogens is 390 g/mol. The standard InChI is InChI=1S/C21H21N3O6/c1-11(2)23-20(27)19(26)22(21(23)28)9-16(25)15-7-12(3)24(13(15)4)14-5-6-17-18(8-14)30-10-29-17/h5-8,11H,9-10H2,1-4H3. The monoisotopic (exact) mass is 411 g/mol. The van der Waals surface area contributed by atoms with Crippen LogP contribution >= 0.6 is 0 Å². The van der Waals surface area contributed by atoms with Crippen LogP contribution in [-0.2, 0) is 9.59 Å². The Morgan fingerprint density at radius 2 is 1.73 bits per heavy atom. The Morgan fingerprint density at radius 1 is 1.03 bits per heavy atom. The fourth-order valence-electron chi connectivity index (χ4n) is 3.81. The first-order valence-corrected chi connectivity index (χ1v) is 9.52. The van der Waals surface area contributed by atoms with Crippen molar-refractivity contribution in [2.45, 2.75) is 33.7 Å². The maximum Gasteiger partial charge on any atom is 0.334 e. The second-order valence-electron chi connectivity index (χ2n) is 7.52. The highest BCUT2D eigenvalue weighted by Gasteiger charge is 2.46. The number of carbonyl (C=O) groups is 4. The first-order chi connectivity index (χ1) is 14.2. The van der Waals surface area contributed by atoms with Crippen molar-refractivity contribution in [1.29, 1.82) is 0 Å². The zero-order valence-electron chi connectivity index (χ0n) is 17.1. The Kier molecular flexibility index (Phi) is 4.60. The van der Waals surface area contributed by atoms with Gasteiger partial charge in [0.2, 0.25) is 6.79 Å². The lowest BCUT2D eigenvalue weighted by Crippen LogP contribution is -2.39. The molecule has 0 radical (unpaired) electrons. The van der Waals surface area contributed by atoms with E-state index in [4.69, 9.17) is 9.47 Å². The molecule has 9 heteroatoms. The summed E-state index contributed by atoms with van der Waals surface area (Å²) in [5, 5.41) is 0. The zero-order chi connectivity index (χ0) is 21.7. The van der Waals surface area contributed by atoms with E-state index in [9.17, 15) is 19.2 Å². The van der Waals surface area contributed by atoms with Crippen molar-refractivity contribution in [3.8, 4) is 17.2 Å². The number of rotatable bonds is 5. The number of urea groups is 1. The molecule has 2 aromatic rings. The average molecular weight is 411 g/mol. The van der Waals surface area contributed by atoms with Crippen molar-refractivity contribution in [2.75, 3.05) is 13.3 Å². The highest BCUT2D eigenvalue weighted by molar-refractivity contribution is 6.45. The molecule has 0 atom stereocenters. The number of ketones is 1. The molecule has 30 heavy (non-hydrogen) atoms. The number of imide groups is 2. The van der Waals surface area contributed by atoms with Gasteiger partial charge in [-0.3, -0.25) is 19.3 Å². The predicted octanol–water partition coefficient (Wildman–Crippen LogP) is 2.20. The van der Waals surface area contributed by atoms with Crippen LogP contribution in [0, 0.1) is 13.8 Å².